The van der Waals surface area contributed by atoms with Crippen molar-refractivity contribution < 1.29 is 9.53 Å². The van der Waals surface area contributed by atoms with E-state index >= 15 is 0 Å². The minimum atomic E-state index is -0.143. The first-order valence-electron chi connectivity index (χ1n) is 6.14. The van der Waals surface area contributed by atoms with Crippen molar-refractivity contribution in [2.24, 2.45) is 5.92 Å². The van der Waals surface area contributed by atoms with Crippen molar-refractivity contribution >= 4 is 17.7 Å². The molecule has 0 amide bonds. The predicted octanol–water partition coefficient (Wildman–Crippen LogP) is 2.32. The number of carbonyl (C=O) groups excluding carboxylic acids is 1. The van der Waals surface area contributed by atoms with Gasteiger partial charge in [0.2, 0.25) is 0 Å². The Kier molecular flexibility index (Phi) is 7.53. The summed E-state index contributed by atoms with van der Waals surface area (Å²) in [7, 11) is 0. The molecule has 1 unspecified atom stereocenters. The van der Waals surface area contributed by atoms with Crippen LogP contribution in [-0.2, 0) is 16.1 Å². The molecule has 0 aliphatic rings. The normalized spacial score (nSPS) is 12.1. The first kappa shape index (κ1) is 15.1. The van der Waals surface area contributed by atoms with Crippen LogP contribution in [0.1, 0.15) is 12.5 Å². The maximum atomic E-state index is 11.7. The minimum absolute atomic E-state index is 0.101. The Hall–Kier alpha value is -1.00. The molecule has 1 atom stereocenters. The van der Waals surface area contributed by atoms with Gasteiger partial charge in [-0.25, -0.2) is 0 Å². The van der Waals surface area contributed by atoms with Gasteiger partial charge < -0.3 is 10.1 Å². The second-order valence-electron chi connectivity index (χ2n) is 4.19. The summed E-state index contributed by atoms with van der Waals surface area (Å²) in [5, 5.41) is 3.24. The van der Waals surface area contributed by atoms with Gasteiger partial charge in [0.05, 0.1) is 5.92 Å². The maximum absolute atomic E-state index is 11.7. The van der Waals surface area contributed by atoms with Crippen LogP contribution < -0.4 is 5.32 Å². The van der Waals surface area contributed by atoms with E-state index in [-0.39, 0.29) is 11.9 Å². The molecule has 1 aromatic rings. The summed E-state index contributed by atoms with van der Waals surface area (Å²) in [5.74, 6) is 0.817. The SMILES string of the molecule is CSCCNCC(C)C(=O)OCc1ccccc1. The van der Waals surface area contributed by atoms with Crippen LogP contribution in [0.15, 0.2) is 30.3 Å². The summed E-state index contributed by atoms with van der Waals surface area (Å²) in [6, 6.07) is 9.74. The number of thioether (sulfide) groups is 1. The zero-order valence-electron chi connectivity index (χ0n) is 11.0. The van der Waals surface area contributed by atoms with Crippen LogP contribution >= 0.6 is 11.8 Å². The van der Waals surface area contributed by atoms with Crippen molar-refractivity contribution in [2.75, 3.05) is 25.1 Å². The molecule has 3 nitrogen and oxygen atoms in total. The average Bonchev–Trinajstić information content (AvgIpc) is 2.42. The third-order valence-corrected chi connectivity index (χ3v) is 3.17. The number of rotatable bonds is 8. The van der Waals surface area contributed by atoms with E-state index in [9.17, 15) is 4.79 Å². The van der Waals surface area contributed by atoms with Gasteiger partial charge in [0.1, 0.15) is 6.61 Å². The largest absolute Gasteiger partial charge is 0.461 e. The molecular formula is C14H21NO2S. The van der Waals surface area contributed by atoms with E-state index < -0.39 is 0 Å². The molecule has 1 N–H and O–H groups in total. The molecule has 0 aliphatic carbocycles. The van der Waals surface area contributed by atoms with E-state index in [2.05, 4.69) is 11.6 Å². The summed E-state index contributed by atoms with van der Waals surface area (Å²) in [4.78, 5) is 11.7. The standard InChI is InChI=1S/C14H21NO2S/c1-12(10-15-8-9-18-2)14(16)17-11-13-6-4-3-5-7-13/h3-7,12,15H,8-11H2,1-2H3. The molecule has 0 spiro atoms. The molecule has 1 rings (SSSR count). The van der Waals surface area contributed by atoms with E-state index in [4.69, 9.17) is 4.74 Å². The first-order chi connectivity index (χ1) is 8.74. The Bertz CT molecular complexity index is 343. The van der Waals surface area contributed by atoms with Crippen molar-refractivity contribution in [1.82, 2.24) is 5.32 Å². The van der Waals surface area contributed by atoms with Gasteiger partial charge in [0.15, 0.2) is 0 Å². The Morgan fingerprint density at radius 3 is 2.78 bits per heavy atom. The monoisotopic (exact) mass is 267 g/mol. The lowest BCUT2D eigenvalue weighted by molar-refractivity contribution is -0.149. The quantitative estimate of drug-likeness (QED) is 0.579. The van der Waals surface area contributed by atoms with E-state index in [0.717, 1.165) is 17.9 Å². The van der Waals surface area contributed by atoms with Gasteiger partial charge in [0, 0.05) is 18.8 Å². The zero-order valence-corrected chi connectivity index (χ0v) is 11.8. The second-order valence-corrected chi connectivity index (χ2v) is 5.18. The lowest BCUT2D eigenvalue weighted by Crippen LogP contribution is -2.29. The van der Waals surface area contributed by atoms with Gasteiger partial charge in [-0.3, -0.25) is 4.79 Å². The fraction of sp³-hybridized carbons (Fsp3) is 0.500. The number of esters is 1. The topological polar surface area (TPSA) is 38.3 Å². The van der Waals surface area contributed by atoms with Crippen molar-refractivity contribution in [2.45, 2.75) is 13.5 Å². The average molecular weight is 267 g/mol. The minimum Gasteiger partial charge on any atom is -0.461 e. The smallest absolute Gasteiger partial charge is 0.310 e. The molecule has 0 bridgehead atoms. The van der Waals surface area contributed by atoms with Gasteiger partial charge in [-0.2, -0.15) is 11.8 Å². The number of hydrogen-bond donors (Lipinski definition) is 1. The predicted molar refractivity (Wildman–Crippen MR) is 76.7 cm³/mol. The Labute approximate surface area is 113 Å². The molecule has 0 heterocycles. The van der Waals surface area contributed by atoms with Gasteiger partial charge >= 0.3 is 5.97 Å². The van der Waals surface area contributed by atoms with Gasteiger partial charge in [-0.05, 0) is 11.8 Å². The highest BCUT2D eigenvalue weighted by molar-refractivity contribution is 7.98. The number of carbonyl (C=O) groups is 1. The second kappa shape index (κ2) is 9.00. The van der Waals surface area contributed by atoms with Crippen LogP contribution in [0.5, 0.6) is 0 Å². The Balaban J connectivity index is 2.19. The molecule has 0 saturated carbocycles. The molecule has 0 aliphatic heterocycles. The fourth-order valence-corrected chi connectivity index (χ4v) is 1.80. The number of nitrogens with one attached hydrogen (secondary N) is 1. The summed E-state index contributed by atoms with van der Waals surface area (Å²) in [5.41, 5.74) is 1.02. The highest BCUT2D eigenvalue weighted by Crippen LogP contribution is 2.04. The molecule has 0 saturated heterocycles. The summed E-state index contributed by atoms with van der Waals surface area (Å²) in [6.45, 7) is 3.85. The van der Waals surface area contributed by atoms with Gasteiger partial charge in [-0.1, -0.05) is 37.3 Å². The van der Waals surface area contributed by atoms with Crippen LogP contribution in [0, 0.1) is 5.92 Å². The fourth-order valence-electron chi connectivity index (χ4n) is 1.45. The molecule has 4 heteroatoms. The lowest BCUT2D eigenvalue weighted by Gasteiger charge is -2.12. The van der Waals surface area contributed by atoms with Crippen molar-refractivity contribution in [3.63, 3.8) is 0 Å². The molecule has 0 radical (unpaired) electrons. The first-order valence-corrected chi connectivity index (χ1v) is 7.53. The van der Waals surface area contributed by atoms with Crippen molar-refractivity contribution in [3.8, 4) is 0 Å². The van der Waals surface area contributed by atoms with Gasteiger partial charge in [0.25, 0.3) is 0 Å². The number of ether oxygens (including phenoxy) is 1. The van der Waals surface area contributed by atoms with Crippen LogP contribution in [0.3, 0.4) is 0 Å². The van der Waals surface area contributed by atoms with Crippen molar-refractivity contribution in [3.05, 3.63) is 35.9 Å². The molecule has 1 aromatic carbocycles. The van der Waals surface area contributed by atoms with Crippen LogP contribution in [0.4, 0.5) is 0 Å². The van der Waals surface area contributed by atoms with Crippen LogP contribution in [0.25, 0.3) is 0 Å². The highest BCUT2D eigenvalue weighted by atomic mass is 32.2. The number of hydrogen-bond acceptors (Lipinski definition) is 4. The van der Waals surface area contributed by atoms with E-state index in [1.165, 1.54) is 0 Å². The summed E-state index contributed by atoms with van der Waals surface area (Å²) < 4.78 is 5.26. The molecule has 0 aromatic heterocycles. The third kappa shape index (κ3) is 6.07. The van der Waals surface area contributed by atoms with Crippen molar-refractivity contribution in [1.29, 1.82) is 0 Å². The van der Waals surface area contributed by atoms with Crippen LogP contribution in [-0.4, -0.2) is 31.1 Å². The molecule has 18 heavy (non-hydrogen) atoms. The Morgan fingerprint density at radius 2 is 2.11 bits per heavy atom. The highest BCUT2D eigenvalue weighted by Gasteiger charge is 2.13. The summed E-state index contributed by atoms with van der Waals surface area (Å²) in [6.07, 6.45) is 2.07. The van der Waals surface area contributed by atoms with E-state index in [1.54, 1.807) is 11.8 Å². The maximum Gasteiger partial charge on any atom is 0.310 e. The zero-order chi connectivity index (χ0) is 13.2. The van der Waals surface area contributed by atoms with Crippen LogP contribution in [0.2, 0.25) is 0 Å². The van der Waals surface area contributed by atoms with Gasteiger partial charge in [-0.15, -0.1) is 0 Å². The summed E-state index contributed by atoms with van der Waals surface area (Å²) >= 11 is 1.79. The third-order valence-electron chi connectivity index (χ3n) is 2.56. The molecular weight excluding hydrogens is 246 g/mol. The molecule has 100 valence electrons. The Morgan fingerprint density at radius 1 is 1.39 bits per heavy atom. The lowest BCUT2D eigenvalue weighted by atomic mass is 10.2. The molecule has 0 fully saturated rings. The van der Waals surface area contributed by atoms with E-state index in [0.29, 0.717) is 13.2 Å². The van der Waals surface area contributed by atoms with E-state index in [1.807, 2.05) is 37.3 Å². The number of benzene rings is 1.